The predicted octanol–water partition coefficient (Wildman–Crippen LogP) is 5.35. The molecule has 0 spiro atoms. The number of amides is 2. The van der Waals surface area contributed by atoms with Crippen LogP contribution in [-0.4, -0.2) is 26.8 Å². The Hall–Kier alpha value is -3.79. The van der Waals surface area contributed by atoms with E-state index in [0.29, 0.717) is 15.8 Å². The van der Waals surface area contributed by atoms with Crippen LogP contribution in [0.1, 0.15) is 16.1 Å². The smallest absolute Gasteiger partial charge is 0.264 e. The van der Waals surface area contributed by atoms with Crippen molar-refractivity contribution in [3.05, 3.63) is 113 Å². The molecule has 0 aliphatic rings. The lowest BCUT2D eigenvalue weighted by Gasteiger charge is -2.24. The molecular weight excluding hydrogens is 537 g/mol. The van der Waals surface area contributed by atoms with Crippen LogP contribution in [-0.2, 0) is 21.4 Å². The lowest BCUT2D eigenvalue weighted by Crippen LogP contribution is -2.38. The van der Waals surface area contributed by atoms with Gasteiger partial charge in [-0.05, 0) is 66.7 Å². The van der Waals surface area contributed by atoms with Crippen LogP contribution in [0.5, 0.6) is 0 Å². The van der Waals surface area contributed by atoms with E-state index < -0.39 is 28.4 Å². The van der Waals surface area contributed by atoms with E-state index in [9.17, 15) is 18.0 Å². The predicted molar refractivity (Wildman–Crippen MR) is 142 cm³/mol. The van der Waals surface area contributed by atoms with Crippen LogP contribution in [0.3, 0.4) is 0 Å². The van der Waals surface area contributed by atoms with Gasteiger partial charge in [0.2, 0.25) is 5.91 Å². The molecular formula is C26H21Cl2N3O5S. The number of rotatable bonds is 9. The number of anilines is 2. The minimum atomic E-state index is -4.17. The van der Waals surface area contributed by atoms with Crippen LogP contribution in [0.15, 0.2) is 101 Å². The van der Waals surface area contributed by atoms with Crippen LogP contribution in [0.2, 0.25) is 10.0 Å². The zero-order valence-electron chi connectivity index (χ0n) is 19.2. The summed E-state index contributed by atoms with van der Waals surface area (Å²) in [5.74, 6) is -0.531. The quantitative estimate of drug-likeness (QED) is 0.288. The summed E-state index contributed by atoms with van der Waals surface area (Å²) in [6, 6.07) is 21.6. The highest BCUT2D eigenvalue weighted by Crippen LogP contribution is 2.27. The third-order valence-electron chi connectivity index (χ3n) is 5.23. The number of hydrogen-bond donors (Lipinski definition) is 2. The summed E-state index contributed by atoms with van der Waals surface area (Å²) in [6.07, 6.45) is 1.50. The Kier molecular flexibility index (Phi) is 8.17. The summed E-state index contributed by atoms with van der Waals surface area (Å²) in [5, 5.41) is 6.04. The molecule has 11 heteroatoms. The van der Waals surface area contributed by atoms with Gasteiger partial charge in [0.05, 0.1) is 34.6 Å². The van der Waals surface area contributed by atoms with Crippen molar-refractivity contribution >= 4 is 56.4 Å². The van der Waals surface area contributed by atoms with Gasteiger partial charge in [-0.2, -0.15) is 0 Å². The van der Waals surface area contributed by atoms with Crippen molar-refractivity contribution in [3.8, 4) is 0 Å². The molecule has 8 nitrogen and oxygen atoms in total. The summed E-state index contributed by atoms with van der Waals surface area (Å²) in [4.78, 5) is 25.8. The molecule has 1 heterocycles. The summed E-state index contributed by atoms with van der Waals surface area (Å²) in [6.45, 7) is -0.413. The van der Waals surface area contributed by atoms with Gasteiger partial charge in [-0.1, -0.05) is 41.4 Å². The maximum absolute atomic E-state index is 13.5. The molecule has 0 fully saturated rings. The molecule has 0 saturated carbocycles. The number of benzene rings is 3. The SMILES string of the molecule is O=C(CN(c1cccc(Cl)c1)S(=O)(=O)c1ccc(Cl)cc1)Nc1ccccc1C(=O)NCc1ccco1. The molecule has 0 radical (unpaired) electrons. The highest BCUT2D eigenvalue weighted by molar-refractivity contribution is 7.92. The molecule has 4 aromatic rings. The Morgan fingerprint density at radius 1 is 0.865 bits per heavy atom. The summed E-state index contributed by atoms with van der Waals surface area (Å²) in [5.41, 5.74) is 0.624. The number of nitrogens with one attached hydrogen (secondary N) is 2. The van der Waals surface area contributed by atoms with Crippen molar-refractivity contribution in [2.45, 2.75) is 11.4 Å². The highest BCUT2D eigenvalue weighted by Gasteiger charge is 2.28. The first kappa shape index (κ1) is 26.3. The molecule has 2 amide bonds. The number of nitrogens with zero attached hydrogens (tertiary/aromatic N) is 1. The lowest BCUT2D eigenvalue weighted by atomic mass is 10.1. The van der Waals surface area contributed by atoms with Crippen LogP contribution in [0.25, 0.3) is 0 Å². The second-order valence-electron chi connectivity index (χ2n) is 7.80. The van der Waals surface area contributed by atoms with Crippen LogP contribution < -0.4 is 14.9 Å². The molecule has 0 atom stereocenters. The molecule has 4 rings (SSSR count). The van der Waals surface area contributed by atoms with E-state index in [1.165, 1.54) is 42.7 Å². The number of halogens is 2. The van der Waals surface area contributed by atoms with Gasteiger partial charge in [-0.25, -0.2) is 8.42 Å². The summed E-state index contributed by atoms with van der Waals surface area (Å²) >= 11 is 12.0. The first-order valence-electron chi connectivity index (χ1n) is 11.0. The number of sulfonamides is 1. The zero-order valence-corrected chi connectivity index (χ0v) is 21.6. The Bertz CT molecular complexity index is 1510. The van der Waals surface area contributed by atoms with Crippen molar-refractivity contribution < 1.29 is 22.4 Å². The van der Waals surface area contributed by atoms with Gasteiger partial charge in [0.1, 0.15) is 12.3 Å². The van der Waals surface area contributed by atoms with E-state index in [4.69, 9.17) is 27.6 Å². The molecule has 0 saturated heterocycles. The van der Waals surface area contributed by atoms with Gasteiger partial charge in [-0.15, -0.1) is 0 Å². The Balaban J connectivity index is 1.57. The zero-order chi connectivity index (χ0) is 26.4. The fraction of sp³-hybridized carbons (Fsp3) is 0.0769. The van der Waals surface area contributed by atoms with Crippen molar-refractivity contribution in [2.75, 3.05) is 16.2 Å². The third-order valence-corrected chi connectivity index (χ3v) is 7.51. The second kappa shape index (κ2) is 11.5. The number of furan rings is 1. The number of hydrogen-bond acceptors (Lipinski definition) is 5. The van der Waals surface area contributed by atoms with E-state index in [-0.39, 0.29) is 28.4 Å². The van der Waals surface area contributed by atoms with Crippen molar-refractivity contribution in [2.24, 2.45) is 0 Å². The maximum atomic E-state index is 13.5. The number of carbonyl (C=O) groups is 2. The fourth-order valence-corrected chi connectivity index (χ4v) is 5.19. The molecule has 0 bridgehead atoms. The van der Waals surface area contributed by atoms with E-state index in [2.05, 4.69) is 10.6 Å². The van der Waals surface area contributed by atoms with Crippen molar-refractivity contribution in [1.82, 2.24) is 5.32 Å². The maximum Gasteiger partial charge on any atom is 0.264 e. The highest BCUT2D eigenvalue weighted by atomic mass is 35.5. The minimum Gasteiger partial charge on any atom is -0.467 e. The molecule has 1 aromatic heterocycles. The van der Waals surface area contributed by atoms with Gasteiger partial charge in [0, 0.05) is 10.0 Å². The topological polar surface area (TPSA) is 109 Å². The first-order valence-corrected chi connectivity index (χ1v) is 13.2. The second-order valence-corrected chi connectivity index (χ2v) is 10.5. The Morgan fingerprint density at radius 2 is 1.62 bits per heavy atom. The molecule has 0 unspecified atom stereocenters. The third kappa shape index (κ3) is 6.51. The average molecular weight is 558 g/mol. The van der Waals surface area contributed by atoms with Gasteiger partial charge >= 0.3 is 0 Å². The molecule has 3 aromatic carbocycles. The molecule has 0 aliphatic carbocycles. The van der Waals surface area contributed by atoms with Gasteiger partial charge in [-0.3, -0.25) is 13.9 Å². The normalized spacial score (nSPS) is 11.1. The van der Waals surface area contributed by atoms with Gasteiger partial charge in [0.15, 0.2) is 0 Å². The molecule has 190 valence electrons. The molecule has 0 aliphatic heterocycles. The number of carbonyl (C=O) groups excluding carboxylic acids is 2. The fourth-order valence-electron chi connectivity index (χ4n) is 3.47. The summed E-state index contributed by atoms with van der Waals surface area (Å²) < 4.78 is 33.2. The van der Waals surface area contributed by atoms with Crippen LogP contribution in [0, 0.1) is 0 Å². The molecule has 37 heavy (non-hydrogen) atoms. The Labute approximate surface area is 223 Å². The Morgan fingerprint density at radius 3 is 2.32 bits per heavy atom. The van der Waals surface area contributed by atoms with Crippen molar-refractivity contribution in [1.29, 1.82) is 0 Å². The molecule has 2 N–H and O–H groups in total. The van der Waals surface area contributed by atoms with E-state index in [1.54, 1.807) is 48.5 Å². The lowest BCUT2D eigenvalue weighted by molar-refractivity contribution is -0.114. The number of para-hydroxylation sites is 1. The van der Waals surface area contributed by atoms with E-state index in [1.807, 2.05) is 0 Å². The minimum absolute atomic E-state index is 0.0534. The summed E-state index contributed by atoms with van der Waals surface area (Å²) in [7, 11) is -4.17. The monoisotopic (exact) mass is 557 g/mol. The average Bonchev–Trinajstić information content (AvgIpc) is 3.40. The van der Waals surface area contributed by atoms with Crippen LogP contribution in [0.4, 0.5) is 11.4 Å². The van der Waals surface area contributed by atoms with E-state index in [0.717, 1.165) is 4.31 Å². The van der Waals surface area contributed by atoms with Gasteiger partial charge < -0.3 is 15.1 Å². The van der Waals surface area contributed by atoms with E-state index >= 15 is 0 Å². The van der Waals surface area contributed by atoms with Crippen molar-refractivity contribution in [3.63, 3.8) is 0 Å². The largest absolute Gasteiger partial charge is 0.467 e. The first-order chi connectivity index (χ1) is 17.7. The van der Waals surface area contributed by atoms with Gasteiger partial charge in [0.25, 0.3) is 15.9 Å². The standard InChI is InChI=1S/C26H21Cl2N3O5S/c27-18-10-12-22(13-11-18)37(34,35)31(20-6-3-5-19(28)15-20)17-25(32)30-24-9-2-1-8-23(24)26(33)29-16-21-7-4-14-36-21/h1-15H,16-17H2,(H,29,33)(H,30,32). The van der Waals surface area contributed by atoms with Crippen LogP contribution >= 0.6 is 23.2 Å².